The highest BCUT2D eigenvalue weighted by Crippen LogP contribution is 2.19. The summed E-state index contributed by atoms with van der Waals surface area (Å²) >= 11 is 0. The molecule has 2 rings (SSSR count). The monoisotopic (exact) mass is 262 g/mol. The molecule has 1 aliphatic heterocycles. The second-order valence-electron chi connectivity index (χ2n) is 5.43. The first kappa shape index (κ1) is 14.5. The Balaban J connectivity index is 1.94. The van der Waals surface area contributed by atoms with Crippen molar-refractivity contribution in [3.8, 4) is 0 Å². The van der Waals surface area contributed by atoms with Crippen LogP contribution >= 0.6 is 0 Å². The van der Waals surface area contributed by atoms with E-state index in [-0.39, 0.29) is 0 Å². The van der Waals surface area contributed by atoms with Gasteiger partial charge in [-0.25, -0.2) is 0 Å². The van der Waals surface area contributed by atoms with Gasteiger partial charge in [-0.2, -0.15) is 0 Å². The molecule has 0 aromatic heterocycles. The third-order valence-corrected chi connectivity index (χ3v) is 3.91. The van der Waals surface area contributed by atoms with E-state index < -0.39 is 0 Å². The Kier molecular flexibility index (Phi) is 5.83. The van der Waals surface area contributed by atoms with E-state index in [2.05, 4.69) is 34.5 Å². The fourth-order valence-corrected chi connectivity index (χ4v) is 2.88. The van der Waals surface area contributed by atoms with Gasteiger partial charge in [-0.1, -0.05) is 30.7 Å². The molecule has 1 atom stereocenters. The molecule has 1 fully saturated rings. The lowest BCUT2D eigenvalue weighted by atomic mass is 10.0. The molecule has 3 nitrogen and oxygen atoms in total. The molecule has 0 saturated carbocycles. The zero-order valence-electron chi connectivity index (χ0n) is 12.2. The number of hydrogen-bond acceptors (Lipinski definition) is 3. The van der Waals surface area contributed by atoms with E-state index in [4.69, 9.17) is 4.74 Å². The van der Waals surface area contributed by atoms with Crippen LogP contribution in [0.1, 0.15) is 30.4 Å². The van der Waals surface area contributed by atoms with E-state index in [1.807, 2.05) is 7.05 Å². The number of methoxy groups -OCH3 is 1. The third-order valence-electron chi connectivity index (χ3n) is 3.91. The number of rotatable bonds is 6. The number of likely N-dealkylation sites (N-methyl/N-ethyl adjacent to an activating group) is 1. The molecule has 1 N–H and O–H groups in total. The second kappa shape index (κ2) is 7.63. The van der Waals surface area contributed by atoms with E-state index in [1.165, 1.54) is 36.9 Å². The van der Waals surface area contributed by atoms with Crippen LogP contribution in [0.15, 0.2) is 24.3 Å². The van der Waals surface area contributed by atoms with Crippen LogP contribution in [0, 0.1) is 0 Å². The molecular weight excluding hydrogens is 236 g/mol. The highest BCUT2D eigenvalue weighted by Gasteiger charge is 2.21. The highest BCUT2D eigenvalue weighted by molar-refractivity contribution is 5.22. The maximum atomic E-state index is 5.15. The minimum absolute atomic E-state index is 0.692. The summed E-state index contributed by atoms with van der Waals surface area (Å²) in [4.78, 5) is 2.62. The smallest absolute Gasteiger partial charge is 0.0713 e. The van der Waals surface area contributed by atoms with Crippen molar-refractivity contribution in [1.82, 2.24) is 10.2 Å². The first-order valence-electron chi connectivity index (χ1n) is 7.29. The fourth-order valence-electron chi connectivity index (χ4n) is 2.88. The van der Waals surface area contributed by atoms with Crippen molar-refractivity contribution in [1.29, 1.82) is 0 Å². The first-order chi connectivity index (χ1) is 9.33. The van der Waals surface area contributed by atoms with Crippen molar-refractivity contribution in [2.45, 2.75) is 38.5 Å². The summed E-state index contributed by atoms with van der Waals surface area (Å²) in [6.07, 6.45) is 4.03. The van der Waals surface area contributed by atoms with Crippen LogP contribution in [0.3, 0.4) is 0 Å². The number of piperidine rings is 1. The Morgan fingerprint density at radius 2 is 1.95 bits per heavy atom. The second-order valence-corrected chi connectivity index (χ2v) is 5.43. The van der Waals surface area contributed by atoms with Crippen molar-refractivity contribution in [2.24, 2.45) is 0 Å². The molecule has 19 heavy (non-hydrogen) atoms. The number of nitrogens with one attached hydrogen (secondary N) is 1. The SMILES string of the molecule is CNCC1CCCCN1Cc1ccc(COC)cc1. The molecular formula is C16H26N2O. The minimum Gasteiger partial charge on any atom is -0.380 e. The molecule has 0 aliphatic carbocycles. The van der Waals surface area contributed by atoms with Gasteiger partial charge in [0.05, 0.1) is 6.61 Å². The predicted octanol–water partition coefficient (Wildman–Crippen LogP) is 2.41. The number of ether oxygens (including phenoxy) is 1. The van der Waals surface area contributed by atoms with Crippen LogP contribution in [-0.4, -0.2) is 38.2 Å². The lowest BCUT2D eigenvalue weighted by Crippen LogP contribution is -2.44. The summed E-state index contributed by atoms with van der Waals surface area (Å²) in [6.45, 7) is 4.10. The summed E-state index contributed by atoms with van der Waals surface area (Å²) in [6, 6.07) is 9.52. The standard InChI is InChI=1S/C16H26N2O/c1-17-11-16-5-3-4-10-18(16)12-14-6-8-15(9-7-14)13-19-2/h6-9,16-17H,3-5,10-13H2,1-2H3. The number of likely N-dealkylation sites (tertiary alicyclic amines) is 1. The molecule has 0 radical (unpaired) electrons. The van der Waals surface area contributed by atoms with Gasteiger partial charge < -0.3 is 10.1 Å². The van der Waals surface area contributed by atoms with Crippen molar-refractivity contribution >= 4 is 0 Å². The average Bonchev–Trinajstić information content (AvgIpc) is 2.44. The zero-order valence-corrected chi connectivity index (χ0v) is 12.2. The van der Waals surface area contributed by atoms with Gasteiger partial charge in [0.15, 0.2) is 0 Å². The molecule has 1 aliphatic rings. The highest BCUT2D eigenvalue weighted by atomic mass is 16.5. The van der Waals surface area contributed by atoms with Gasteiger partial charge in [-0.15, -0.1) is 0 Å². The summed E-state index contributed by atoms with van der Waals surface area (Å²) < 4.78 is 5.15. The van der Waals surface area contributed by atoms with Gasteiger partial charge in [0.25, 0.3) is 0 Å². The normalized spacial score (nSPS) is 20.6. The van der Waals surface area contributed by atoms with E-state index in [0.29, 0.717) is 12.6 Å². The van der Waals surface area contributed by atoms with Gasteiger partial charge in [-0.3, -0.25) is 4.90 Å². The van der Waals surface area contributed by atoms with E-state index in [9.17, 15) is 0 Å². The van der Waals surface area contributed by atoms with Crippen LogP contribution in [0.25, 0.3) is 0 Å². The van der Waals surface area contributed by atoms with Crippen LogP contribution in [0.2, 0.25) is 0 Å². The van der Waals surface area contributed by atoms with E-state index in [0.717, 1.165) is 13.1 Å². The Bertz CT molecular complexity index is 362. The minimum atomic E-state index is 0.692. The Hall–Kier alpha value is -0.900. The third kappa shape index (κ3) is 4.30. The largest absolute Gasteiger partial charge is 0.380 e. The van der Waals surface area contributed by atoms with Crippen LogP contribution in [-0.2, 0) is 17.9 Å². The van der Waals surface area contributed by atoms with Crippen molar-refractivity contribution in [3.05, 3.63) is 35.4 Å². The van der Waals surface area contributed by atoms with Gasteiger partial charge in [0.1, 0.15) is 0 Å². The Labute approximate surface area is 116 Å². The van der Waals surface area contributed by atoms with Crippen molar-refractivity contribution in [3.63, 3.8) is 0 Å². The average molecular weight is 262 g/mol. The Morgan fingerprint density at radius 3 is 2.63 bits per heavy atom. The topological polar surface area (TPSA) is 24.5 Å². The molecule has 1 saturated heterocycles. The van der Waals surface area contributed by atoms with Crippen molar-refractivity contribution in [2.75, 3.05) is 27.2 Å². The van der Waals surface area contributed by atoms with Crippen LogP contribution in [0.5, 0.6) is 0 Å². The lowest BCUT2D eigenvalue weighted by molar-refractivity contribution is 0.139. The van der Waals surface area contributed by atoms with Crippen molar-refractivity contribution < 1.29 is 4.74 Å². The molecule has 1 aromatic carbocycles. The Morgan fingerprint density at radius 1 is 1.21 bits per heavy atom. The van der Waals surface area contributed by atoms with E-state index in [1.54, 1.807) is 7.11 Å². The van der Waals surface area contributed by atoms with Crippen LogP contribution in [0.4, 0.5) is 0 Å². The molecule has 106 valence electrons. The van der Waals surface area contributed by atoms with Gasteiger partial charge >= 0.3 is 0 Å². The summed E-state index contributed by atoms with van der Waals surface area (Å²) in [5, 5.41) is 3.32. The maximum Gasteiger partial charge on any atom is 0.0713 e. The number of nitrogens with zero attached hydrogens (tertiary/aromatic N) is 1. The van der Waals surface area contributed by atoms with Gasteiger partial charge in [-0.05, 0) is 37.6 Å². The van der Waals surface area contributed by atoms with E-state index >= 15 is 0 Å². The zero-order chi connectivity index (χ0) is 13.5. The predicted molar refractivity (Wildman–Crippen MR) is 79.1 cm³/mol. The maximum absolute atomic E-state index is 5.15. The fraction of sp³-hybridized carbons (Fsp3) is 0.625. The number of benzene rings is 1. The summed E-state index contributed by atoms with van der Waals surface area (Å²) in [7, 11) is 3.79. The first-order valence-corrected chi connectivity index (χ1v) is 7.29. The number of hydrogen-bond donors (Lipinski definition) is 1. The molecule has 0 amide bonds. The molecule has 3 heteroatoms. The summed E-state index contributed by atoms with van der Waals surface area (Å²) in [5.41, 5.74) is 2.65. The molecule has 0 spiro atoms. The summed E-state index contributed by atoms with van der Waals surface area (Å²) in [5.74, 6) is 0. The van der Waals surface area contributed by atoms with Gasteiger partial charge in [0.2, 0.25) is 0 Å². The quantitative estimate of drug-likeness (QED) is 0.852. The molecule has 0 bridgehead atoms. The molecule has 1 heterocycles. The van der Waals surface area contributed by atoms with Gasteiger partial charge in [0, 0.05) is 26.2 Å². The lowest BCUT2D eigenvalue weighted by Gasteiger charge is -2.35. The molecule has 1 unspecified atom stereocenters. The molecule has 1 aromatic rings. The van der Waals surface area contributed by atoms with Crippen LogP contribution < -0.4 is 5.32 Å².